The molecular formula is C20H13ClF3N5OS. The number of carbonyl (C=O) groups excluding carboxylic acids is 1. The average Bonchev–Trinajstić information content (AvgIpc) is 3.13. The molecule has 4 N–H and O–H groups in total. The lowest BCUT2D eigenvalue weighted by Crippen LogP contribution is -2.19. The Morgan fingerprint density at radius 2 is 1.77 bits per heavy atom. The van der Waals surface area contributed by atoms with Crippen molar-refractivity contribution in [2.24, 2.45) is 0 Å². The fourth-order valence-corrected chi connectivity index (χ4v) is 4.17. The van der Waals surface area contributed by atoms with Crippen LogP contribution in [0.25, 0.3) is 21.3 Å². The van der Waals surface area contributed by atoms with Crippen molar-refractivity contribution in [3.63, 3.8) is 0 Å². The number of hydrogen-bond acceptors (Lipinski definition) is 5. The predicted octanol–water partition coefficient (Wildman–Crippen LogP) is 6.26. The van der Waals surface area contributed by atoms with Crippen LogP contribution >= 0.6 is 22.9 Å². The molecule has 0 fully saturated rings. The third kappa shape index (κ3) is 4.39. The largest absolute Gasteiger partial charge is 0.416 e. The first kappa shape index (κ1) is 20.9. The van der Waals surface area contributed by atoms with E-state index in [0.717, 1.165) is 22.5 Å². The lowest BCUT2D eigenvalue weighted by atomic mass is 10.1. The molecule has 2 aromatic heterocycles. The predicted molar refractivity (Wildman–Crippen MR) is 116 cm³/mol. The lowest BCUT2D eigenvalue weighted by molar-refractivity contribution is -0.137. The maximum Gasteiger partial charge on any atom is 0.416 e. The second kappa shape index (κ2) is 8.05. The number of rotatable bonds is 3. The summed E-state index contributed by atoms with van der Waals surface area (Å²) >= 11 is 7.82. The molecule has 2 heterocycles. The van der Waals surface area contributed by atoms with Gasteiger partial charge in [-0.15, -0.1) is 11.3 Å². The van der Waals surface area contributed by atoms with Crippen LogP contribution in [-0.4, -0.2) is 16.0 Å². The zero-order valence-electron chi connectivity index (χ0n) is 15.5. The number of halogens is 4. The Kier molecular flexibility index (Phi) is 5.42. The van der Waals surface area contributed by atoms with Gasteiger partial charge in [-0.3, -0.25) is 0 Å². The molecule has 0 atom stereocenters. The van der Waals surface area contributed by atoms with Crippen molar-refractivity contribution in [1.29, 1.82) is 0 Å². The Hall–Kier alpha value is -3.37. The summed E-state index contributed by atoms with van der Waals surface area (Å²) in [5.74, 6) is 0.333. The average molecular weight is 464 g/mol. The number of aromatic nitrogens is 2. The van der Waals surface area contributed by atoms with E-state index in [4.69, 9.17) is 17.3 Å². The molecule has 0 radical (unpaired) electrons. The van der Waals surface area contributed by atoms with E-state index >= 15 is 0 Å². The summed E-state index contributed by atoms with van der Waals surface area (Å²) in [5.41, 5.74) is 6.93. The number of thiophene rings is 1. The highest BCUT2D eigenvalue weighted by molar-refractivity contribution is 7.17. The van der Waals surface area contributed by atoms with Crippen LogP contribution in [0.5, 0.6) is 0 Å². The molecule has 0 unspecified atom stereocenters. The molecule has 0 saturated heterocycles. The van der Waals surface area contributed by atoms with Gasteiger partial charge in [-0.05, 0) is 30.3 Å². The van der Waals surface area contributed by atoms with Crippen LogP contribution in [0, 0.1) is 0 Å². The number of nitrogens with zero attached hydrogens (tertiary/aromatic N) is 2. The smallest absolute Gasteiger partial charge is 0.383 e. The number of nitrogens with one attached hydrogen (secondary N) is 2. The Bertz CT molecular complexity index is 1290. The first-order chi connectivity index (χ1) is 14.7. The van der Waals surface area contributed by atoms with Gasteiger partial charge in [-0.2, -0.15) is 13.2 Å². The molecule has 31 heavy (non-hydrogen) atoms. The first-order valence-electron chi connectivity index (χ1n) is 8.75. The molecule has 4 rings (SSSR count). The van der Waals surface area contributed by atoms with Crippen LogP contribution in [-0.2, 0) is 6.18 Å². The van der Waals surface area contributed by atoms with E-state index in [1.54, 1.807) is 12.1 Å². The van der Waals surface area contributed by atoms with E-state index in [2.05, 4.69) is 20.6 Å². The van der Waals surface area contributed by atoms with E-state index in [0.29, 0.717) is 27.5 Å². The zero-order valence-corrected chi connectivity index (χ0v) is 17.1. The highest BCUT2D eigenvalue weighted by Gasteiger charge is 2.30. The summed E-state index contributed by atoms with van der Waals surface area (Å²) in [4.78, 5) is 21.1. The summed E-state index contributed by atoms with van der Waals surface area (Å²) < 4.78 is 38.4. The quantitative estimate of drug-likeness (QED) is 0.334. The first-order valence-corrected chi connectivity index (χ1v) is 10.0. The van der Waals surface area contributed by atoms with Gasteiger partial charge in [0.1, 0.15) is 17.0 Å². The number of amides is 2. The number of urea groups is 1. The molecule has 6 nitrogen and oxygen atoms in total. The standard InChI is InChI=1S/C20H13ClF3N5OS/c21-15-7-12(29-19(30)28-11-3-1-2-10(6-11)20(22,23)24)4-5-13(15)14-8-31-18-16(14)17(25)26-9-27-18/h1-9H,(H2,25,26,27)(H2,28,29,30). The fourth-order valence-electron chi connectivity index (χ4n) is 2.97. The van der Waals surface area contributed by atoms with Gasteiger partial charge in [0.05, 0.1) is 16.0 Å². The number of nitrogen functional groups attached to an aromatic ring is 1. The number of nitrogens with two attached hydrogens (primary N) is 1. The van der Waals surface area contributed by atoms with E-state index in [9.17, 15) is 18.0 Å². The topological polar surface area (TPSA) is 92.9 Å². The Morgan fingerprint density at radius 1 is 1.03 bits per heavy atom. The number of benzene rings is 2. The summed E-state index contributed by atoms with van der Waals surface area (Å²) in [6, 6.07) is 8.50. The highest BCUT2D eigenvalue weighted by atomic mass is 35.5. The van der Waals surface area contributed by atoms with Crippen molar-refractivity contribution in [2.45, 2.75) is 6.18 Å². The van der Waals surface area contributed by atoms with Gasteiger partial charge in [0.2, 0.25) is 0 Å². The third-order valence-corrected chi connectivity index (χ3v) is 5.56. The molecule has 0 aliphatic rings. The Labute approximate surface area is 182 Å². The summed E-state index contributed by atoms with van der Waals surface area (Å²) in [5, 5.41) is 7.82. The molecule has 0 aliphatic heterocycles. The molecule has 4 aromatic rings. The monoisotopic (exact) mass is 463 g/mol. The summed E-state index contributed by atoms with van der Waals surface area (Å²) in [6.07, 6.45) is -3.12. The van der Waals surface area contributed by atoms with E-state index < -0.39 is 17.8 Å². The SMILES string of the molecule is Nc1ncnc2scc(-c3ccc(NC(=O)Nc4cccc(C(F)(F)F)c4)cc3Cl)c12. The number of anilines is 3. The van der Waals surface area contributed by atoms with Gasteiger partial charge in [0.15, 0.2) is 0 Å². The molecule has 0 spiro atoms. The Balaban J connectivity index is 1.53. The number of carbonyl (C=O) groups is 1. The zero-order chi connectivity index (χ0) is 22.2. The van der Waals surface area contributed by atoms with Crippen molar-refractivity contribution in [1.82, 2.24) is 9.97 Å². The van der Waals surface area contributed by atoms with Crippen molar-refractivity contribution in [3.8, 4) is 11.1 Å². The Morgan fingerprint density at radius 3 is 2.48 bits per heavy atom. The molecule has 0 bridgehead atoms. The van der Waals surface area contributed by atoms with Gasteiger partial charge in [-0.1, -0.05) is 23.7 Å². The van der Waals surface area contributed by atoms with Crippen molar-refractivity contribution < 1.29 is 18.0 Å². The third-order valence-electron chi connectivity index (χ3n) is 4.36. The minimum Gasteiger partial charge on any atom is -0.383 e. The van der Waals surface area contributed by atoms with Crippen LogP contribution < -0.4 is 16.4 Å². The van der Waals surface area contributed by atoms with Gasteiger partial charge < -0.3 is 16.4 Å². The summed E-state index contributed by atoms with van der Waals surface area (Å²) in [6.45, 7) is 0. The minimum absolute atomic E-state index is 0.00950. The van der Waals surface area contributed by atoms with Crippen LogP contribution in [0.3, 0.4) is 0 Å². The summed E-state index contributed by atoms with van der Waals surface area (Å²) in [7, 11) is 0. The van der Waals surface area contributed by atoms with Crippen LogP contribution in [0.4, 0.5) is 35.2 Å². The van der Waals surface area contributed by atoms with Crippen LogP contribution in [0.1, 0.15) is 5.56 Å². The molecule has 0 aliphatic carbocycles. The maximum absolute atomic E-state index is 12.8. The van der Waals surface area contributed by atoms with Crippen LogP contribution in [0.15, 0.2) is 54.2 Å². The van der Waals surface area contributed by atoms with Gasteiger partial charge in [0, 0.05) is 27.9 Å². The maximum atomic E-state index is 12.8. The number of hydrogen-bond donors (Lipinski definition) is 3. The van der Waals surface area contributed by atoms with Gasteiger partial charge in [0.25, 0.3) is 0 Å². The van der Waals surface area contributed by atoms with Gasteiger partial charge in [-0.25, -0.2) is 14.8 Å². The highest BCUT2D eigenvalue weighted by Crippen LogP contribution is 2.39. The normalized spacial score (nSPS) is 11.5. The molecule has 2 amide bonds. The van der Waals surface area contributed by atoms with Crippen LogP contribution in [0.2, 0.25) is 5.02 Å². The van der Waals surface area contributed by atoms with Crippen molar-refractivity contribution >= 4 is 56.4 Å². The molecule has 158 valence electrons. The minimum atomic E-state index is -4.50. The molecular weight excluding hydrogens is 451 g/mol. The molecule has 2 aromatic carbocycles. The van der Waals surface area contributed by atoms with Gasteiger partial charge >= 0.3 is 12.2 Å². The van der Waals surface area contributed by atoms with Crippen molar-refractivity contribution in [2.75, 3.05) is 16.4 Å². The molecule has 11 heteroatoms. The van der Waals surface area contributed by atoms with E-state index in [-0.39, 0.29) is 5.69 Å². The fraction of sp³-hybridized carbons (Fsp3) is 0.0500. The van der Waals surface area contributed by atoms with E-state index in [1.807, 2.05) is 5.38 Å². The van der Waals surface area contributed by atoms with E-state index in [1.165, 1.54) is 35.9 Å². The number of fused-ring (bicyclic) bond motifs is 1. The lowest BCUT2D eigenvalue weighted by Gasteiger charge is -2.12. The number of alkyl halides is 3. The second-order valence-corrected chi connectivity index (χ2v) is 7.71. The van der Waals surface area contributed by atoms with Crippen molar-refractivity contribution in [3.05, 3.63) is 64.8 Å². The molecule has 0 saturated carbocycles. The second-order valence-electron chi connectivity index (χ2n) is 6.44.